The van der Waals surface area contributed by atoms with E-state index in [1.165, 1.54) is 17.9 Å². The summed E-state index contributed by atoms with van der Waals surface area (Å²) in [7, 11) is -2.47. The summed E-state index contributed by atoms with van der Waals surface area (Å²) < 4.78 is 65.8. The van der Waals surface area contributed by atoms with Gasteiger partial charge in [-0.2, -0.15) is 10.1 Å². The van der Waals surface area contributed by atoms with E-state index in [2.05, 4.69) is 26.8 Å². The molecular weight excluding hydrogens is 520 g/mol. The van der Waals surface area contributed by atoms with Gasteiger partial charge in [0, 0.05) is 56.9 Å². The number of ether oxygens (including phenoxy) is 1. The van der Waals surface area contributed by atoms with E-state index in [0.717, 1.165) is 12.3 Å². The zero-order valence-corrected chi connectivity index (χ0v) is 22.3. The average Bonchev–Trinajstić information content (AvgIpc) is 3.45. The van der Waals surface area contributed by atoms with Gasteiger partial charge in [0.15, 0.2) is 21.4 Å². The molecule has 0 aliphatic carbocycles. The Morgan fingerprint density at radius 1 is 1.29 bits per heavy atom. The number of benzene rings is 1. The number of hydrogen-bond acceptors (Lipinski definition) is 10. The highest BCUT2D eigenvalue weighted by atomic mass is 32.2. The standard InChI is InChI=1S/C24H29F2N7O4S/c1-6-28-23(36-14-7-9-33(10-8-14)24-29-22(13(2)3)31-37-24)20-19(27)21(32(4)30-20)15-11-17(26)18(12-16(15)25)38(5,34)35/h6,11-14H,1,7-10,27H2,2-5H3. The van der Waals surface area contributed by atoms with Crippen molar-refractivity contribution in [1.82, 2.24) is 19.9 Å². The maximum atomic E-state index is 14.9. The summed E-state index contributed by atoms with van der Waals surface area (Å²) in [5.74, 6) is -1.20. The Hall–Kier alpha value is -3.81. The van der Waals surface area contributed by atoms with Gasteiger partial charge >= 0.3 is 6.01 Å². The van der Waals surface area contributed by atoms with Crippen LogP contribution in [0.4, 0.5) is 20.5 Å². The lowest BCUT2D eigenvalue weighted by Gasteiger charge is -2.30. The molecule has 0 saturated carbocycles. The molecule has 3 heterocycles. The number of halogens is 2. The SMILES string of the molecule is C=CN=C(OC1CCN(c2nc(C(C)C)no2)CC1)c1nn(C)c(-c2cc(F)c(S(C)(=O)=O)cc2F)c1N. The lowest BCUT2D eigenvalue weighted by atomic mass is 10.1. The Kier molecular flexibility index (Phi) is 7.54. The van der Waals surface area contributed by atoms with Crippen molar-refractivity contribution < 1.29 is 26.5 Å². The van der Waals surface area contributed by atoms with Gasteiger partial charge in [0.25, 0.3) is 0 Å². The third kappa shape index (κ3) is 5.39. The minimum Gasteiger partial charge on any atom is -0.473 e. The maximum Gasteiger partial charge on any atom is 0.324 e. The summed E-state index contributed by atoms with van der Waals surface area (Å²) in [6.07, 6.45) is 3.05. The Bertz CT molecular complexity index is 1490. The van der Waals surface area contributed by atoms with Crippen LogP contribution in [0.2, 0.25) is 0 Å². The molecule has 1 aliphatic heterocycles. The highest BCUT2D eigenvalue weighted by molar-refractivity contribution is 7.90. The number of aromatic nitrogens is 4. The molecule has 11 nitrogen and oxygen atoms in total. The van der Waals surface area contributed by atoms with Crippen molar-refractivity contribution >= 4 is 27.4 Å². The van der Waals surface area contributed by atoms with Gasteiger partial charge < -0.3 is 19.9 Å². The molecule has 1 saturated heterocycles. The predicted octanol–water partition coefficient (Wildman–Crippen LogP) is 3.43. The number of nitrogen functional groups attached to an aromatic ring is 1. The first-order valence-electron chi connectivity index (χ1n) is 11.9. The number of rotatable bonds is 7. The van der Waals surface area contributed by atoms with E-state index in [1.807, 2.05) is 18.7 Å². The molecule has 14 heteroatoms. The van der Waals surface area contributed by atoms with Crippen LogP contribution in [0.25, 0.3) is 11.3 Å². The van der Waals surface area contributed by atoms with Crippen LogP contribution in [-0.2, 0) is 21.6 Å². The summed E-state index contributed by atoms with van der Waals surface area (Å²) in [4.78, 5) is 9.85. The molecule has 0 unspecified atom stereocenters. The van der Waals surface area contributed by atoms with Crippen molar-refractivity contribution in [3.8, 4) is 11.3 Å². The van der Waals surface area contributed by atoms with Gasteiger partial charge in [-0.3, -0.25) is 4.68 Å². The van der Waals surface area contributed by atoms with Crippen molar-refractivity contribution in [2.24, 2.45) is 12.0 Å². The van der Waals surface area contributed by atoms with Crippen molar-refractivity contribution in [2.45, 2.75) is 43.6 Å². The Labute approximate surface area is 218 Å². The molecule has 0 bridgehead atoms. The molecule has 3 aromatic rings. The molecule has 0 spiro atoms. The van der Waals surface area contributed by atoms with Gasteiger partial charge in [-0.05, 0) is 12.1 Å². The molecule has 1 fully saturated rings. The molecule has 38 heavy (non-hydrogen) atoms. The topological polar surface area (TPSA) is 142 Å². The van der Waals surface area contributed by atoms with Crippen LogP contribution in [0.3, 0.4) is 0 Å². The third-order valence-corrected chi connectivity index (χ3v) is 7.22. The van der Waals surface area contributed by atoms with E-state index in [0.29, 0.717) is 43.8 Å². The smallest absolute Gasteiger partial charge is 0.324 e. The zero-order chi connectivity index (χ0) is 27.8. The van der Waals surface area contributed by atoms with Crippen molar-refractivity contribution in [3.05, 3.63) is 48.1 Å². The van der Waals surface area contributed by atoms with E-state index >= 15 is 0 Å². The molecule has 204 valence electrons. The van der Waals surface area contributed by atoms with Gasteiger partial charge in [-0.1, -0.05) is 25.6 Å². The van der Waals surface area contributed by atoms with Crippen molar-refractivity contribution in [3.63, 3.8) is 0 Å². The number of anilines is 2. The fourth-order valence-electron chi connectivity index (χ4n) is 4.15. The number of sulfone groups is 1. The highest BCUT2D eigenvalue weighted by Gasteiger charge is 2.29. The van der Waals surface area contributed by atoms with Gasteiger partial charge in [0.05, 0.1) is 11.4 Å². The van der Waals surface area contributed by atoms with Crippen LogP contribution in [0.1, 0.15) is 44.1 Å². The summed E-state index contributed by atoms with van der Waals surface area (Å²) in [5, 5.41) is 8.33. The van der Waals surface area contributed by atoms with Gasteiger partial charge in [0.2, 0.25) is 5.90 Å². The van der Waals surface area contributed by atoms with Crippen LogP contribution >= 0.6 is 0 Å². The minimum atomic E-state index is -3.97. The average molecular weight is 550 g/mol. The first kappa shape index (κ1) is 27.2. The molecule has 1 aromatic carbocycles. The number of piperidine rings is 1. The van der Waals surface area contributed by atoms with E-state index in [1.54, 1.807) is 0 Å². The normalized spacial score (nSPS) is 15.3. The van der Waals surface area contributed by atoms with E-state index in [4.69, 9.17) is 15.0 Å². The molecule has 2 aromatic heterocycles. The molecule has 1 aliphatic rings. The van der Waals surface area contributed by atoms with Gasteiger partial charge in [-0.25, -0.2) is 22.2 Å². The van der Waals surface area contributed by atoms with Crippen LogP contribution in [-0.4, -0.2) is 59.7 Å². The van der Waals surface area contributed by atoms with Crippen LogP contribution < -0.4 is 10.6 Å². The number of hydrogen-bond donors (Lipinski definition) is 1. The molecule has 0 radical (unpaired) electrons. The maximum absolute atomic E-state index is 14.9. The number of aliphatic imine (C=N–C) groups is 1. The van der Waals surface area contributed by atoms with Crippen LogP contribution in [0.5, 0.6) is 0 Å². The number of nitrogens with zero attached hydrogens (tertiary/aromatic N) is 6. The summed E-state index contributed by atoms with van der Waals surface area (Å²) >= 11 is 0. The zero-order valence-electron chi connectivity index (χ0n) is 21.5. The van der Waals surface area contributed by atoms with Crippen LogP contribution in [0, 0.1) is 11.6 Å². The first-order chi connectivity index (χ1) is 17.9. The third-order valence-electron chi connectivity index (χ3n) is 6.11. The van der Waals surface area contributed by atoms with Crippen molar-refractivity contribution in [2.75, 3.05) is 30.0 Å². The Balaban J connectivity index is 1.56. The van der Waals surface area contributed by atoms with Gasteiger partial charge in [0.1, 0.15) is 22.6 Å². The molecular formula is C24H29F2N7O4S. The fraction of sp³-hybridized carbons (Fsp3) is 0.417. The second kappa shape index (κ2) is 10.5. The summed E-state index contributed by atoms with van der Waals surface area (Å²) in [6.45, 7) is 8.79. The van der Waals surface area contributed by atoms with Crippen LogP contribution in [0.15, 0.2) is 39.3 Å². The largest absolute Gasteiger partial charge is 0.473 e. The summed E-state index contributed by atoms with van der Waals surface area (Å²) in [5.41, 5.74) is 6.22. The van der Waals surface area contributed by atoms with E-state index in [-0.39, 0.29) is 40.6 Å². The van der Waals surface area contributed by atoms with E-state index < -0.39 is 26.4 Å². The quantitative estimate of drug-likeness (QED) is 0.346. The monoisotopic (exact) mass is 549 g/mol. The second-order valence-electron chi connectivity index (χ2n) is 9.28. The predicted molar refractivity (Wildman–Crippen MR) is 138 cm³/mol. The Morgan fingerprint density at radius 3 is 2.55 bits per heavy atom. The van der Waals surface area contributed by atoms with Gasteiger partial charge in [-0.15, -0.1) is 0 Å². The second-order valence-corrected chi connectivity index (χ2v) is 11.3. The molecule has 2 N–H and O–H groups in total. The lowest BCUT2D eigenvalue weighted by Crippen LogP contribution is -2.38. The molecule has 0 amide bonds. The Morgan fingerprint density at radius 2 is 1.97 bits per heavy atom. The molecule has 4 rings (SSSR count). The van der Waals surface area contributed by atoms with Crippen molar-refractivity contribution in [1.29, 1.82) is 0 Å². The summed E-state index contributed by atoms with van der Waals surface area (Å²) in [6, 6.07) is 1.87. The van der Waals surface area contributed by atoms with E-state index in [9.17, 15) is 17.2 Å². The molecule has 0 atom stereocenters. The fourth-order valence-corrected chi connectivity index (χ4v) is 4.89. The number of nitrogens with two attached hydrogens (primary N) is 1. The minimum absolute atomic E-state index is 0.0111. The highest BCUT2D eigenvalue weighted by Crippen LogP contribution is 2.34. The number of aryl methyl sites for hydroxylation is 1. The lowest BCUT2D eigenvalue weighted by molar-refractivity contribution is 0.156. The first-order valence-corrected chi connectivity index (χ1v) is 13.8.